The van der Waals surface area contributed by atoms with E-state index in [0.29, 0.717) is 12.1 Å². The lowest BCUT2D eigenvalue weighted by atomic mass is 10.00. The van der Waals surface area contributed by atoms with Crippen LogP contribution in [-0.2, 0) is 4.79 Å². The summed E-state index contributed by atoms with van der Waals surface area (Å²) in [6.45, 7) is 1.29. The van der Waals surface area contributed by atoms with Crippen molar-refractivity contribution in [3.63, 3.8) is 0 Å². The van der Waals surface area contributed by atoms with Gasteiger partial charge in [0.05, 0.1) is 5.92 Å². The zero-order chi connectivity index (χ0) is 13.2. The zero-order valence-corrected chi connectivity index (χ0v) is 8.84. The fourth-order valence-electron chi connectivity index (χ4n) is 1.20. The highest BCUT2D eigenvalue weighted by Gasteiger charge is 2.19. The molecule has 1 aromatic carbocycles. The standard InChI is InChI=1S/C11H9F3O3/c1-5(11(16)17)2-9(15)6-3-7(12)10(14)8(13)4-6/h3-5H,2H2,1H3,(H,16,17). The van der Waals surface area contributed by atoms with E-state index in [1.807, 2.05) is 0 Å². The van der Waals surface area contributed by atoms with Crippen molar-refractivity contribution in [2.24, 2.45) is 5.92 Å². The van der Waals surface area contributed by atoms with Crippen LogP contribution in [0.1, 0.15) is 23.7 Å². The Bertz CT molecular complexity index is 448. The number of halogens is 3. The van der Waals surface area contributed by atoms with E-state index in [1.54, 1.807) is 0 Å². The van der Waals surface area contributed by atoms with Crippen LogP contribution < -0.4 is 0 Å². The van der Waals surface area contributed by atoms with Crippen LogP contribution in [0.4, 0.5) is 13.2 Å². The van der Waals surface area contributed by atoms with E-state index in [9.17, 15) is 22.8 Å². The number of hydrogen-bond donors (Lipinski definition) is 1. The molecule has 1 atom stereocenters. The maximum Gasteiger partial charge on any atom is 0.306 e. The largest absolute Gasteiger partial charge is 0.481 e. The van der Waals surface area contributed by atoms with Gasteiger partial charge in [-0.15, -0.1) is 0 Å². The molecule has 0 heterocycles. The van der Waals surface area contributed by atoms with Crippen molar-refractivity contribution in [2.45, 2.75) is 13.3 Å². The number of carbonyl (C=O) groups is 2. The van der Waals surface area contributed by atoms with Gasteiger partial charge >= 0.3 is 5.97 Å². The van der Waals surface area contributed by atoms with Crippen molar-refractivity contribution in [1.29, 1.82) is 0 Å². The van der Waals surface area contributed by atoms with Gasteiger partial charge in [-0.1, -0.05) is 6.92 Å². The minimum Gasteiger partial charge on any atom is -0.481 e. The summed E-state index contributed by atoms with van der Waals surface area (Å²) in [6.07, 6.45) is -0.403. The van der Waals surface area contributed by atoms with Crippen molar-refractivity contribution in [1.82, 2.24) is 0 Å². The molecule has 3 nitrogen and oxygen atoms in total. The molecule has 0 radical (unpaired) electrons. The third-order valence-electron chi connectivity index (χ3n) is 2.22. The molecular weight excluding hydrogens is 237 g/mol. The number of carboxylic acids is 1. The second kappa shape index (κ2) is 4.99. The van der Waals surface area contributed by atoms with Crippen LogP contribution in [0.3, 0.4) is 0 Å². The molecule has 92 valence electrons. The lowest BCUT2D eigenvalue weighted by Gasteiger charge is -2.06. The summed E-state index contributed by atoms with van der Waals surface area (Å²) in [4.78, 5) is 21.9. The number of hydrogen-bond acceptors (Lipinski definition) is 2. The Kier molecular flexibility index (Phi) is 3.88. The van der Waals surface area contributed by atoms with Gasteiger partial charge in [0, 0.05) is 12.0 Å². The van der Waals surface area contributed by atoms with Gasteiger partial charge in [0.25, 0.3) is 0 Å². The molecule has 0 bridgehead atoms. The zero-order valence-electron chi connectivity index (χ0n) is 8.84. The van der Waals surface area contributed by atoms with Gasteiger partial charge in [-0.25, -0.2) is 13.2 Å². The Hall–Kier alpha value is -1.85. The van der Waals surface area contributed by atoms with E-state index < -0.39 is 41.5 Å². The number of Topliss-reactive ketones (excluding diaryl/α,β-unsaturated/α-hetero) is 1. The second-order valence-electron chi connectivity index (χ2n) is 3.62. The predicted molar refractivity (Wildman–Crippen MR) is 52.1 cm³/mol. The third kappa shape index (κ3) is 3.05. The molecule has 0 saturated carbocycles. The summed E-state index contributed by atoms with van der Waals surface area (Å²) in [5, 5.41) is 8.57. The highest BCUT2D eigenvalue weighted by Crippen LogP contribution is 2.16. The third-order valence-corrected chi connectivity index (χ3v) is 2.22. The van der Waals surface area contributed by atoms with E-state index in [0.717, 1.165) is 0 Å². The van der Waals surface area contributed by atoms with Crippen LogP contribution in [0.15, 0.2) is 12.1 Å². The van der Waals surface area contributed by atoms with Gasteiger partial charge in [0.1, 0.15) is 0 Å². The summed E-state index contributed by atoms with van der Waals surface area (Å²) in [5.74, 6) is -7.53. The maximum absolute atomic E-state index is 12.8. The highest BCUT2D eigenvalue weighted by molar-refractivity contribution is 5.97. The minimum atomic E-state index is -1.66. The molecule has 1 rings (SSSR count). The lowest BCUT2D eigenvalue weighted by Crippen LogP contribution is -2.15. The first kappa shape index (κ1) is 13.2. The van der Waals surface area contributed by atoms with Crippen molar-refractivity contribution in [2.75, 3.05) is 0 Å². The topological polar surface area (TPSA) is 54.4 Å². The number of rotatable bonds is 4. The first-order valence-corrected chi connectivity index (χ1v) is 4.73. The molecule has 0 aliphatic rings. The highest BCUT2D eigenvalue weighted by atomic mass is 19.2. The number of benzene rings is 1. The predicted octanol–water partition coefficient (Wildman–Crippen LogP) is 2.40. The molecule has 1 N–H and O–H groups in total. The van der Waals surface area contributed by atoms with Gasteiger partial charge in [-0.05, 0) is 12.1 Å². The Balaban J connectivity index is 2.94. The average Bonchev–Trinajstić information content (AvgIpc) is 2.24. The lowest BCUT2D eigenvalue weighted by molar-refractivity contribution is -0.141. The monoisotopic (exact) mass is 246 g/mol. The Morgan fingerprint density at radius 3 is 2.12 bits per heavy atom. The fraction of sp³-hybridized carbons (Fsp3) is 0.273. The van der Waals surface area contributed by atoms with Crippen LogP contribution in [0.2, 0.25) is 0 Å². The molecule has 1 aromatic rings. The first-order chi connectivity index (χ1) is 7.82. The second-order valence-corrected chi connectivity index (χ2v) is 3.62. The van der Waals surface area contributed by atoms with Crippen molar-refractivity contribution >= 4 is 11.8 Å². The molecule has 0 amide bonds. The molecule has 6 heteroatoms. The van der Waals surface area contributed by atoms with Gasteiger partial charge in [0.2, 0.25) is 0 Å². The molecule has 0 fully saturated rings. The molecule has 17 heavy (non-hydrogen) atoms. The Morgan fingerprint density at radius 1 is 1.24 bits per heavy atom. The number of carbonyl (C=O) groups excluding carboxylic acids is 1. The molecule has 1 unspecified atom stereocenters. The molecule has 0 saturated heterocycles. The van der Waals surface area contributed by atoms with Crippen LogP contribution >= 0.6 is 0 Å². The van der Waals surface area contributed by atoms with Gasteiger partial charge < -0.3 is 5.11 Å². The summed E-state index contributed by atoms with van der Waals surface area (Å²) in [7, 11) is 0. The maximum atomic E-state index is 12.8. The van der Waals surface area contributed by atoms with Crippen LogP contribution in [-0.4, -0.2) is 16.9 Å². The van der Waals surface area contributed by atoms with Crippen LogP contribution in [0.5, 0.6) is 0 Å². The van der Waals surface area contributed by atoms with Crippen LogP contribution in [0, 0.1) is 23.4 Å². The number of ketones is 1. The van der Waals surface area contributed by atoms with E-state index in [-0.39, 0.29) is 5.56 Å². The van der Waals surface area contributed by atoms with Gasteiger partial charge in [-0.2, -0.15) is 0 Å². The minimum absolute atomic E-state index is 0.380. The summed E-state index contributed by atoms with van der Waals surface area (Å²) in [6, 6.07) is 1.10. The SMILES string of the molecule is CC(CC(=O)c1cc(F)c(F)c(F)c1)C(=O)O. The number of aliphatic carboxylic acids is 1. The van der Waals surface area contributed by atoms with E-state index >= 15 is 0 Å². The first-order valence-electron chi connectivity index (χ1n) is 4.73. The van der Waals surface area contributed by atoms with Crippen LogP contribution in [0.25, 0.3) is 0 Å². The molecule has 0 aliphatic carbocycles. The normalized spacial score (nSPS) is 12.2. The summed E-state index contributed by atoms with van der Waals surface area (Å²) < 4.78 is 38.2. The van der Waals surface area contributed by atoms with E-state index in [1.165, 1.54) is 6.92 Å². The van der Waals surface area contributed by atoms with Gasteiger partial charge in [0.15, 0.2) is 23.2 Å². The van der Waals surface area contributed by atoms with Crippen molar-refractivity contribution < 1.29 is 27.9 Å². The Labute approximate surface area is 94.9 Å². The molecular formula is C11H9F3O3. The quantitative estimate of drug-likeness (QED) is 0.655. The van der Waals surface area contributed by atoms with E-state index in [4.69, 9.17) is 5.11 Å². The van der Waals surface area contributed by atoms with Crippen molar-refractivity contribution in [3.8, 4) is 0 Å². The molecule has 0 aromatic heterocycles. The molecule has 0 aliphatic heterocycles. The summed E-state index contributed by atoms with van der Waals surface area (Å²) in [5.41, 5.74) is -0.380. The smallest absolute Gasteiger partial charge is 0.306 e. The fourth-order valence-corrected chi connectivity index (χ4v) is 1.20. The Morgan fingerprint density at radius 2 is 1.71 bits per heavy atom. The van der Waals surface area contributed by atoms with Crippen molar-refractivity contribution in [3.05, 3.63) is 35.1 Å². The summed E-state index contributed by atoms with van der Waals surface area (Å²) >= 11 is 0. The van der Waals surface area contributed by atoms with Gasteiger partial charge in [-0.3, -0.25) is 9.59 Å². The number of carboxylic acid groups (broad SMARTS) is 1. The van der Waals surface area contributed by atoms with E-state index in [2.05, 4.69) is 0 Å². The average molecular weight is 246 g/mol. The molecule has 0 spiro atoms.